The Morgan fingerprint density at radius 1 is 1.37 bits per heavy atom. The first-order valence-corrected chi connectivity index (χ1v) is 6.96. The SMILES string of the molecule is CNC(=O)CCn1c(CCl)nc2cc(Cl)c(Cl)cc21. The van der Waals surface area contributed by atoms with Gasteiger partial charge >= 0.3 is 0 Å². The van der Waals surface area contributed by atoms with Gasteiger partial charge in [-0.2, -0.15) is 0 Å². The minimum Gasteiger partial charge on any atom is -0.359 e. The number of benzene rings is 1. The summed E-state index contributed by atoms with van der Waals surface area (Å²) in [5.41, 5.74) is 1.55. The highest BCUT2D eigenvalue weighted by Gasteiger charge is 2.13. The van der Waals surface area contributed by atoms with Gasteiger partial charge in [-0.3, -0.25) is 4.79 Å². The smallest absolute Gasteiger partial charge is 0.221 e. The van der Waals surface area contributed by atoms with Crippen molar-refractivity contribution in [3.05, 3.63) is 28.0 Å². The Kier molecular flexibility index (Phi) is 4.55. The van der Waals surface area contributed by atoms with Crippen molar-refractivity contribution in [3.63, 3.8) is 0 Å². The zero-order valence-corrected chi connectivity index (χ0v) is 12.5. The lowest BCUT2D eigenvalue weighted by Crippen LogP contribution is -2.20. The molecular formula is C12H12Cl3N3O. The first-order valence-electron chi connectivity index (χ1n) is 5.67. The lowest BCUT2D eigenvalue weighted by molar-refractivity contribution is -0.120. The van der Waals surface area contributed by atoms with Gasteiger partial charge in [-0.25, -0.2) is 4.98 Å². The second-order valence-electron chi connectivity index (χ2n) is 3.99. The molecular weight excluding hydrogens is 309 g/mol. The zero-order valence-electron chi connectivity index (χ0n) is 10.2. The lowest BCUT2D eigenvalue weighted by atomic mass is 10.3. The summed E-state index contributed by atoms with van der Waals surface area (Å²) in [7, 11) is 1.60. The van der Waals surface area contributed by atoms with Crippen molar-refractivity contribution in [1.82, 2.24) is 14.9 Å². The van der Waals surface area contributed by atoms with Crippen molar-refractivity contribution >= 4 is 51.7 Å². The van der Waals surface area contributed by atoms with Gasteiger partial charge in [-0.15, -0.1) is 11.6 Å². The molecule has 0 unspecified atom stereocenters. The molecule has 1 aromatic carbocycles. The fourth-order valence-corrected chi connectivity index (χ4v) is 2.38. The molecule has 0 aliphatic heterocycles. The second-order valence-corrected chi connectivity index (χ2v) is 5.07. The van der Waals surface area contributed by atoms with E-state index >= 15 is 0 Å². The van der Waals surface area contributed by atoms with Gasteiger partial charge in [0.05, 0.1) is 27.0 Å². The molecule has 1 heterocycles. The number of rotatable bonds is 4. The molecule has 19 heavy (non-hydrogen) atoms. The van der Waals surface area contributed by atoms with E-state index in [4.69, 9.17) is 34.8 Å². The number of aryl methyl sites for hydroxylation is 1. The summed E-state index contributed by atoms with van der Waals surface area (Å²) in [6, 6.07) is 3.44. The van der Waals surface area contributed by atoms with Crippen LogP contribution in [-0.2, 0) is 17.2 Å². The number of fused-ring (bicyclic) bond motifs is 1. The van der Waals surface area contributed by atoms with E-state index in [1.807, 2.05) is 4.57 Å². The van der Waals surface area contributed by atoms with E-state index in [9.17, 15) is 4.79 Å². The van der Waals surface area contributed by atoms with Crippen LogP contribution in [0.4, 0.5) is 0 Å². The van der Waals surface area contributed by atoms with E-state index in [-0.39, 0.29) is 11.8 Å². The molecule has 0 aliphatic carbocycles. The standard InChI is InChI=1S/C12H12Cl3N3O/c1-16-12(19)2-3-18-10-5-8(15)7(14)4-9(10)17-11(18)6-13/h4-5H,2-3,6H2,1H3,(H,16,19). The number of imidazole rings is 1. The van der Waals surface area contributed by atoms with Crippen molar-refractivity contribution in [3.8, 4) is 0 Å². The van der Waals surface area contributed by atoms with Crippen LogP contribution in [0.25, 0.3) is 11.0 Å². The average Bonchev–Trinajstić information content (AvgIpc) is 2.73. The van der Waals surface area contributed by atoms with E-state index in [0.717, 1.165) is 11.0 Å². The van der Waals surface area contributed by atoms with Gasteiger partial charge in [-0.05, 0) is 12.1 Å². The Bertz CT molecular complexity index is 624. The number of nitrogens with one attached hydrogen (secondary N) is 1. The summed E-state index contributed by atoms with van der Waals surface area (Å²) in [6.45, 7) is 0.496. The third-order valence-corrected chi connectivity index (χ3v) is 3.79. The Morgan fingerprint density at radius 2 is 2.05 bits per heavy atom. The van der Waals surface area contributed by atoms with E-state index in [1.54, 1.807) is 19.2 Å². The summed E-state index contributed by atoms with van der Waals surface area (Å²) in [5, 5.41) is 3.49. The quantitative estimate of drug-likeness (QED) is 0.879. The monoisotopic (exact) mass is 319 g/mol. The summed E-state index contributed by atoms with van der Waals surface area (Å²) < 4.78 is 1.89. The summed E-state index contributed by atoms with van der Waals surface area (Å²) in [6.07, 6.45) is 0.353. The third-order valence-electron chi connectivity index (χ3n) is 2.83. The maximum Gasteiger partial charge on any atom is 0.221 e. The summed E-state index contributed by atoms with van der Waals surface area (Å²) in [5.74, 6) is 0.916. The predicted octanol–water partition coefficient (Wildman–Crippen LogP) is 3.22. The normalized spacial score (nSPS) is 10.9. The molecule has 1 aromatic heterocycles. The lowest BCUT2D eigenvalue weighted by Gasteiger charge is -2.07. The molecule has 0 atom stereocenters. The Hall–Kier alpha value is -0.970. The first kappa shape index (κ1) is 14.4. The van der Waals surface area contributed by atoms with Crippen molar-refractivity contribution < 1.29 is 4.79 Å². The number of hydrogen-bond acceptors (Lipinski definition) is 2. The van der Waals surface area contributed by atoms with E-state index < -0.39 is 0 Å². The van der Waals surface area contributed by atoms with Crippen LogP contribution >= 0.6 is 34.8 Å². The van der Waals surface area contributed by atoms with Crippen LogP contribution in [0.5, 0.6) is 0 Å². The van der Waals surface area contributed by atoms with Gasteiger partial charge in [0, 0.05) is 20.0 Å². The third kappa shape index (κ3) is 2.96. The van der Waals surface area contributed by atoms with Crippen LogP contribution in [0.1, 0.15) is 12.2 Å². The topological polar surface area (TPSA) is 46.9 Å². The molecule has 0 saturated heterocycles. The highest BCUT2D eigenvalue weighted by atomic mass is 35.5. The van der Waals surface area contributed by atoms with E-state index in [2.05, 4.69) is 10.3 Å². The maximum absolute atomic E-state index is 11.3. The van der Waals surface area contributed by atoms with Gasteiger partial charge in [0.2, 0.25) is 5.91 Å². The van der Waals surface area contributed by atoms with Crippen molar-refractivity contribution in [2.24, 2.45) is 0 Å². The Balaban J connectivity index is 2.44. The number of nitrogens with zero attached hydrogens (tertiary/aromatic N) is 2. The number of aromatic nitrogens is 2. The largest absolute Gasteiger partial charge is 0.359 e. The van der Waals surface area contributed by atoms with Crippen LogP contribution in [0, 0.1) is 0 Å². The molecule has 4 nitrogen and oxygen atoms in total. The van der Waals surface area contributed by atoms with Crippen LogP contribution in [0.3, 0.4) is 0 Å². The fourth-order valence-electron chi connectivity index (χ4n) is 1.86. The number of amides is 1. The Labute approximate surface area is 125 Å². The molecule has 2 aromatic rings. The molecule has 1 amide bonds. The molecule has 1 N–H and O–H groups in total. The van der Waals surface area contributed by atoms with Crippen LogP contribution in [0.2, 0.25) is 10.0 Å². The van der Waals surface area contributed by atoms with Crippen molar-refractivity contribution in [2.75, 3.05) is 7.05 Å². The minimum absolute atomic E-state index is 0.0394. The second kappa shape index (κ2) is 5.99. The van der Waals surface area contributed by atoms with Crippen molar-refractivity contribution in [1.29, 1.82) is 0 Å². The molecule has 0 bridgehead atoms. The first-order chi connectivity index (χ1) is 9.06. The number of carbonyl (C=O) groups excluding carboxylic acids is 1. The molecule has 7 heteroatoms. The minimum atomic E-state index is -0.0394. The fraction of sp³-hybridized carbons (Fsp3) is 0.333. The predicted molar refractivity (Wildman–Crippen MR) is 78.0 cm³/mol. The maximum atomic E-state index is 11.3. The average molecular weight is 321 g/mol. The molecule has 0 aliphatic rings. The van der Waals surface area contributed by atoms with Gasteiger partial charge in [-0.1, -0.05) is 23.2 Å². The van der Waals surface area contributed by atoms with Crippen molar-refractivity contribution in [2.45, 2.75) is 18.8 Å². The van der Waals surface area contributed by atoms with Crippen LogP contribution in [0.15, 0.2) is 12.1 Å². The summed E-state index contributed by atoms with van der Waals surface area (Å²) >= 11 is 17.9. The van der Waals surface area contributed by atoms with Crippen LogP contribution in [-0.4, -0.2) is 22.5 Å². The number of carbonyl (C=O) groups is 1. The van der Waals surface area contributed by atoms with Crippen LogP contribution < -0.4 is 5.32 Å². The van der Waals surface area contributed by atoms with E-state index in [1.165, 1.54) is 0 Å². The molecule has 0 saturated carbocycles. The molecule has 0 radical (unpaired) electrons. The zero-order chi connectivity index (χ0) is 14.0. The molecule has 0 fully saturated rings. The number of halogens is 3. The highest BCUT2D eigenvalue weighted by molar-refractivity contribution is 6.42. The van der Waals surface area contributed by atoms with Gasteiger partial charge in [0.25, 0.3) is 0 Å². The Morgan fingerprint density at radius 3 is 2.68 bits per heavy atom. The van der Waals surface area contributed by atoms with E-state index in [0.29, 0.717) is 28.8 Å². The van der Waals surface area contributed by atoms with Gasteiger partial charge < -0.3 is 9.88 Å². The molecule has 2 rings (SSSR count). The molecule has 0 spiro atoms. The highest BCUT2D eigenvalue weighted by Crippen LogP contribution is 2.28. The molecule has 102 valence electrons. The number of alkyl halides is 1. The number of hydrogen-bond donors (Lipinski definition) is 1. The summed E-state index contributed by atoms with van der Waals surface area (Å²) in [4.78, 5) is 15.7. The van der Waals surface area contributed by atoms with Gasteiger partial charge in [0.1, 0.15) is 5.82 Å². The van der Waals surface area contributed by atoms with Gasteiger partial charge in [0.15, 0.2) is 0 Å².